The van der Waals surface area contributed by atoms with Crippen molar-refractivity contribution in [1.82, 2.24) is 14.8 Å². The van der Waals surface area contributed by atoms with Gasteiger partial charge in [-0.15, -0.1) is 0 Å². The monoisotopic (exact) mass is 390 g/mol. The van der Waals surface area contributed by atoms with Gasteiger partial charge in [0.1, 0.15) is 5.82 Å². The molecule has 0 saturated carbocycles. The largest absolute Gasteiger partial charge is 0.306 e. The van der Waals surface area contributed by atoms with Crippen LogP contribution in [0, 0.1) is 34.6 Å². The summed E-state index contributed by atoms with van der Waals surface area (Å²) >= 11 is 1.57. The molecule has 1 amide bonds. The van der Waals surface area contributed by atoms with Gasteiger partial charge in [-0.25, -0.2) is 4.98 Å². The molecule has 142 valence electrons. The van der Waals surface area contributed by atoms with Crippen LogP contribution in [0.2, 0.25) is 0 Å². The molecule has 6 heteroatoms. The quantitative estimate of drug-likeness (QED) is 0.518. The first kappa shape index (κ1) is 18.4. The molecule has 4 aromatic rings. The molecule has 1 N–H and O–H groups in total. The third-order valence-electron chi connectivity index (χ3n) is 4.71. The van der Waals surface area contributed by atoms with Gasteiger partial charge in [0.05, 0.1) is 15.9 Å². The highest BCUT2D eigenvalue weighted by Gasteiger charge is 2.17. The Morgan fingerprint density at radius 3 is 2.54 bits per heavy atom. The van der Waals surface area contributed by atoms with Gasteiger partial charge in [-0.3, -0.25) is 4.79 Å². The molecule has 0 atom stereocenters. The molecule has 5 nitrogen and oxygen atoms in total. The van der Waals surface area contributed by atoms with E-state index in [9.17, 15) is 4.79 Å². The minimum absolute atomic E-state index is 0.143. The number of aromatic nitrogens is 3. The summed E-state index contributed by atoms with van der Waals surface area (Å²) in [4.78, 5) is 17.7. The Kier molecular flexibility index (Phi) is 4.51. The van der Waals surface area contributed by atoms with Crippen molar-refractivity contribution in [3.63, 3.8) is 0 Å². The minimum Gasteiger partial charge on any atom is -0.306 e. The highest BCUT2D eigenvalue weighted by molar-refractivity contribution is 7.20. The third kappa shape index (κ3) is 3.31. The SMILES string of the molecule is Cc1ccc(C)c(C(=O)Nc2cc(C)nn2-c2nc3c(C)cc(C)cc3s2)c1. The fourth-order valence-electron chi connectivity index (χ4n) is 3.35. The predicted molar refractivity (Wildman–Crippen MR) is 115 cm³/mol. The van der Waals surface area contributed by atoms with E-state index in [1.54, 1.807) is 16.0 Å². The summed E-state index contributed by atoms with van der Waals surface area (Å²) in [7, 11) is 0. The van der Waals surface area contributed by atoms with E-state index in [1.165, 1.54) is 5.56 Å². The zero-order valence-corrected chi connectivity index (χ0v) is 17.4. The Balaban J connectivity index is 1.74. The van der Waals surface area contributed by atoms with E-state index in [2.05, 4.69) is 36.4 Å². The van der Waals surface area contributed by atoms with Crippen molar-refractivity contribution in [2.75, 3.05) is 5.32 Å². The van der Waals surface area contributed by atoms with Crippen molar-refractivity contribution in [2.45, 2.75) is 34.6 Å². The van der Waals surface area contributed by atoms with Gasteiger partial charge < -0.3 is 5.32 Å². The summed E-state index contributed by atoms with van der Waals surface area (Å²) in [6, 6.07) is 12.0. The second kappa shape index (κ2) is 6.87. The molecule has 2 heterocycles. The van der Waals surface area contributed by atoms with E-state index in [4.69, 9.17) is 4.98 Å². The van der Waals surface area contributed by atoms with E-state index in [0.29, 0.717) is 11.4 Å². The fourth-order valence-corrected chi connectivity index (χ4v) is 4.46. The number of benzene rings is 2. The highest BCUT2D eigenvalue weighted by Crippen LogP contribution is 2.30. The lowest BCUT2D eigenvalue weighted by molar-refractivity contribution is 0.102. The number of hydrogen-bond acceptors (Lipinski definition) is 4. The number of rotatable bonds is 3. The van der Waals surface area contributed by atoms with Gasteiger partial charge in [-0.2, -0.15) is 9.78 Å². The van der Waals surface area contributed by atoms with Gasteiger partial charge in [0.25, 0.3) is 5.91 Å². The number of fused-ring (bicyclic) bond motifs is 1. The summed E-state index contributed by atoms with van der Waals surface area (Å²) < 4.78 is 2.84. The molecule has 0 fully saturated rings. The maximum absolute atomic E-state index is 12.9. The molecule has 0 bridgehead atoms. The zero-order valence-electron chi connectivity index (χ0n) is 16.6. The van der Waals surface area contributed by atoms with Crippen molar-refractivity contribution in [3.8, 4) is 5.13 Å². The first-order chi connectivity index (χ1) is 13.3. The van der Waals surface area contributed by atoms with Gasteiger partial charge in [-0.1, -0.05) is 35.1 Å². The van der Waals surface area contributed by atoms with E-state index in [0.717, 1.165) is 37.7 Å². The van der Waals surface area contributed by atoms with E-state index in [-0.39, 0.29) is 5.91 Å². The summed E-state index contributed by atoms with van der Waals surface area (Å²) in [5, 5.41) is 8.32. The summed E-state index contributed by atoms with van der Waals surface area (Å²) in [5.41, 5.74) is 6.81. The number of carbonyl (C=O) groups excluding carboxylic acids is 1. The van der Waals surface area contributed by atoms with Crippen LogP contribution in [0.5, 0.6) is 0 Å². The molecule has 0 saturated heterocycles. The standard InChI is InChI=1S/C22H22N4OS/c1-12-6-7-14(3)17(9-12)21(27)23-19-11-16(5)25-26(19)22-24-20-15(4)8-13(2)10-18(20)28-22/h6-11H,1-5H3,(H,23,27). The Bertz CT molecular complexity index is 1220. The predicted octanol–water partition coefficient (Wildman–Crippen LogP) is 5.28. The first-order valence-corrected chi connectivity index (χ1v) is 9.97. The molecule has 2 aromatic heterocycles. The van der Waals surface area contributed by atoms with Gasteiger partial charge in [0, 0.05) is 11.6 Å². The molecule has 2 aromatic carbocycles. The molecule has 4 rings (SSSR count). The van der Waals surface area contributed by atoms with E-state index in [1.807, 2.05) is 45.0 Å². The molecule has 0 aliphatic heterocycles. The van der Waals surface area contributed by atoms with Crippen molar-refractivity contribution in [2.24, 2.45) is 0 Å². The summed E-state index contributed by atoms with van der Waals surface area (Å²) in [6.07, 6.45) is 0. The molecule has 0 aliphatic rings. The van der Waals surface area contributed by atoms with Crippen LogP contribution in [0.1, 0.15) is 38.3 Å². The Morgan fingerprint density at radius 2 is 1.75 bits per heavy atom. The number of anilines is 1. The lowest BCUT2D eigenvalue weighted by Crippen LogP contribution is -2.16. The lowest BCUT2D eigenvalue weighted by Gasteiger charge is -2.09. The zero-order chi connectivity index (χ0) is 20.0. The molecular formula is C22H22N4OS. The van der Waals surface area contributed by atoms with Crippen molar-refractivity contribution < 1.29 is 4.79 Å². The lowest BCUT2D eigenvalue weighted by atomic mass is 10.1. The maximum atomic E-state index is 12.9. The first-order valence-electron chi connectivity index (χ1n) is 9.15. The number of nitrogens with zero attached hydrogens (tertiary/aromatic N) is 3. The van der Waals surface area contributed by atoms with Crippen LogP contribution in [0.25, 0.3) is 15.3 Å². The molecule has 28 heavy (non-hydrogen) atoms. The Morgan fingerprint density at radius 1 is 0.964 bits per heavy atom. The van der Waals surface area contributed by atoms with Crippen LogP contribution < -0.4 is 5.32 Å². The van der Waals surface area contributed by atoms with E-state index < -0.39 is 0 Å². The fraction of sp³-hybridized carbons (Fsp3) is 0.227. The molecule has 0 spiro atoms. The topological polar surface area (TPSA) is 59.8 Å². The Labute approximate surface area is 168 Å². The Hall–Kier alpha value is -2.99. The minimum atomic E-state index is -0.143. The van der Waals surface area contributed by atoms with Crippen molar-refractivity contribution in [1.29, 1.82) is 0 Å². The van der Waals surface area contributed by atoms with Gasteiger partial charge >= 0.3 is 0 Å². The second-order valence-corrected chi connectivity index (χ2v) is 8.29. The highest BCUT2D eigenvalue weighted by atomic mass is 32.1. The summed E-state index contributed by atoms with van der Waals surface area (Å²) in [6.45, 7) is 9.98. The average molecular weight is 391 g/mol. The van der Waals surface area contributed by atoms with Gasteiger partial charge in [0.2, 0.25) is 5.13 Å². The average Bonchev–Trinajstić information content (AvgIpc) is 3.20. The number of amides is 1. The molecule has 0 unspecified atom stereocenters. The number of carbonyl (C=O) groups is 1. The number of hydrogen-bond donors (Lipinski definition) is 1. The smallest absolute Gasteiger partial charge is 0.257 e. The summed E-state index contributed by atoms with van der Waals surface area (Å²) in [5.74, 6) is 0.479. The van der Waals surface area contributed by atoms with Crippen LogP contribution >= 0.6 is 11.3 Å². The van der Waals surface area contributed by atoms with Crippen molar-refractivity contribution in [3.05, 3.63) is 69.9 Å². The van der Waals surface area contributed by atoms with Crippen LogP contribution in [0.15, 0.2) is 36.4 Å². The van der Waals surface area contributed by atoms with Gasteiger partial charge in [-0.05, 0) is 63.4 Å². The molecular weight excluding hydrogens is 368 g/mol. The second-order valence-electron chi connectivity index (χ2n) is 7.28. The van der Waals surface area contributed by atoms with Crippen LogP contribution in [-0.4, -0.2) is 20.7 Å². The molecule has 0 aliphatic carbocycles. The van der Waals surface area contributed by atoms with E-state index >= 15 is 0 Å². The van der Waals surface area contributed by atoms with Gasteiger partial charge in [0.15, 0.2) is 0 Å². The number of thiazole rings is 1. The van der Waals surface area contributed by atoms with Crippen LogP contribution in [0.4, 0.5) is 5.82 Å². The maximum Gasteiger partial charge on any atom is 0.257 e. The normalized spacial score (nSPS) is 11.2. The third-order valence-corrected chi connectivity index (χ3v) is 5.69. The van der Waals surface area contributed by atoms with Crippen LogP contribution in [-0.2, 0) is 0 Å². The number of aryl methyl sites for hydroxylation is 5. The molecule has 0 radical (unpaired) electrons. The van der Waals surface area contributed by atoms with Crippen molar-refractivity contribution >= 4 is 33.3 Å². The van der Waals surface area contributed by atoms with Crippen LogP contribution in [0.3, 0.4) is 0 Å². The number of nitrogens with one attached hydrogen (secondary N) is 1.